The average Bonchev–Trinajstić information content (AvgIpc) is 2.93. The molecule has 0 saturated heterocycles. The molecule has 0 spiro atoms. The molecule has 3 rings (SSSR count). The molecular weight excluding hydrogens is 383 g/mol. The molecule has 10 heteroatoms. The quantitative estimate of drug-likeness (QED) is 0.634. The van der Waals surface area contributed by atoms with Crippen LogP contribution in [-0.4, -0.2) is 20.7 Å². The first-order valence-electron chi connectivity index (χ1n) is 8.17. The first kappa shape index (κ1) is 19.7. The van der Waals surface area contributed by atoms with Crippen molar-refractivity contribution in [1.29, 1.82) is 0 Å². The minimum absolute atomic E-state index is 0.0623. The summed E-state index contributed by atoms with van der Waals surface area (Å²) in [6.07, 6.45) is -6.09. The van der Waals surface area contributed by atoms with E-state index >= 15 is 0 Å². The maximum Gasteiger partial charge on any atom is 0.280 e. The van der Waals surface area contributed by atoms with Crippen molar-refractivity contribution in [2.45, 2.75) is 33.2 Å². The number of aromatic nitrogens is 3. The van der Waals surface area contributed by atoms with Gasteiger partial charge in [-0.05, 0) is 37.6 Å². The molecule has 2 heterocycles. The maximum atomic E-state index is 13.8. The summed E-state index contributed by atoms with van der Waals surface area (Å²) in [5, 5.41) is 6.24. The van der Waals surface area contributed by atoms with E-state index < -0.39 is 42.4 Å². The number of benzene rings is 1. The Morgan fingerprint density at radius 2 is 1.86 bits per heavy atom. The van der Waals surface area contributed by atoms with E-state index in [1.54, 1.807) is 6.92 Å². The van der Waals surface area contributed by atoms with Crippen LogP contribution >= 0.6 is 0 Å². The Balaban J connectivity index is 1.99. The lowest BCUT2D eigenvalue weighted by Crippen LogP contribution is -2.20. The van der Waals surface area contributed by atoms with Gasteiger partial charge in [-0.1, -0.05) is 6.07 Å². The number of carbonyl (C=O) groups is 1. The van der Waals surface area contributed by atoms with Crippen LogP contribution in [0.4, 0.5) is 27.6 Å². The number of pyridine rings is 1. The van der Waals surface area contributed by atoms with Crippen molar-refractivity contribution in [1.82, 2.24) is 14.8 Å². The molecule has 3 aromatic rings. The third-order valence-corrected chi connectivity index (χ3v) is 4.08. The van der Waals surface area contributed by atoms with Crippen LogP contribution in [0, 0.1) is 19.7 Å². The number of halogens is 5. The van der Waals surface area contributed by atoms with E-state index in [9.17, 15) is 26.7 Å². The molecule has 0 aliphatic rings. The summed E-state index contributed by atoms with van der Waals surface area (Å²) < 4.78 is 67.5. The van der Waals surface area contributed by atoms with E-state index in [0.29, 0.717) is 11.6 Å². The number of nitrogens with one attached hydrogen (secondary N) is 1. The molecule has 1 amide bonds. The average molecular weight is 398 g/mol. The molecule has 28 heavy (non-hydrogen) atoms. The Hall–Kier alpha value is -3.04. The lowest BCUT2D eigenvalue weighted by atomic mass is 10.1. The van der Waals surface area contributed by atoms with Gasteiger partial charge >= 0.3 is 0 Å². The smallest absolute Gasteiger partial charge is 0.280 e. The highest BCUT2D eigenvalue weighted by Crippen LogP contribution is 2.32. The van der Waals surface area contributed by atoms with Gasteiger partial charge in [0.15, 0.2) is 5.65 Å². The third-order valence-electron chi connectivity index (χ3n) is 4.08. The second kappa shape index (κ2) is 7.53. The molecule has 1 N–H and O–H groups in total. The van der Waals surface area contributed by atoms with Gasteiger partial charge in [0.2, 0.25) is 5.91 Å². The number of rotatable bonds is 5. The number of anilines is 1. The highest BCUT2D eigenvalue weighted by Gasteiger charge is 2.24. The molecule has 0 bridgehead atoms. The van der Waals surface area contributed by atoms with Crippen LogP contribution in [0.3, 0.4) is 0 Å². The van der Waals surface area contributed by atoms with Crippen molar-refractivity contribution < 1.29 is 26.7 Å². The molecule has 0 aliphatic heterocycles. The number of hydrogen-bond donors (Lipinski definition) is 1. The molecule has 1 aromatic carbocycles. The zero-order chi connectivity index (χ0) is 20.6. The summed E-state index contributed by atoms with van der Waals surface area (Å²) in [4.78, 5) is 16.0. The Bertz CT molecular complexity index is 1050. The fourth-order valence-corrected chi connectivity index (χ4v) is 2.86. The number of carbonyl (C=O) groups excluding carboxylic acids is 1. The van der Waals surface area contributed by atoms with E-state index in [1.807, 2.05) is 0 Å². The molecule has 148 valence electrons. The van der Waals surface area contributed by atoms with E-state index in [-0.39, 0.29) is 22.4 Å². The normalized spacial score (nSPS) is 11.6. The summed E-state index contributed by atoms with van der Waals surface area (Å²) >= 11 is 0. The number of amides is 1. The Morgan fingerprint density at radius 1 is 1.14 bits per heavy atom. The van der Waals surface area contributed by atoms with Gasteiger partial charge in [0.1, 0.15) is 18.1 Å². The number of aryl methyl sites for hydroxylation is 2. The maximum absolute atomic E-state index is 13.8. The van der Waals surface area contributed by atoms with Gasteiger partial charge in [-0.25, -0.2) is 31.6 Å². The van der Waals surface area contributed by atoms with Crippen LogP contribution in [0.2, 0.25) is 0 Å². The van der Waals surface area contributed by atoms with Crippen molar-refractivity contribution in [3.63, 3.8) is 0 Å². The summed E-state index contributed by atoms with van der Waals surface area (Å²) in [5.41, 5.74) is -0.962. The van der Waals surface area contributed by atoms with E-state index in [1.165, 1.54) is 25.1 Å². The Morgan fingerprint density at radius 3 is 2.50 bits per heavy atom. The molecular formula is C18H15F5N4O. The lowest BCUT2D eigenvalue weighted by molar-refractivity contribution is -0.116. The monoisotopic (exact) mass is 398 g/mol. The van der Waals surface area contributed by atoms with Crippen LogP contribution in [0.25, 0.3) is 11.0 Å². The second-order valence-electron chi connectivity index (χ2n) is 6.21. The zero-order valence-corrected chi connectivity index (χ0v) is 14.8. The minimum Gasteiger partial charge on any atom is -0.322 e. The molecule has 0 unspecified atom stereocenters. The summed E-state index contributed by atoms with van der Waals surface area (Å²) in [7, 11) is 0. The number of nitrogens with zero attached hydrogens (tertiary/aromatic N) is 3. The highest BCUT2D eigenvalue weighted by atomic mass is 19.3. The Labute approximate surface area is 156 Å². The van der Waals surface area contributed by atoms with Gasteiger partial charge < -0.3 is 5.32 Å². The number of alkyl halides is 4. The molecule has 0 saturated carbocycles. The van der Waals surface area contributed by atoms with Gasteiger partial charge in [-0.2, -0.15) is 5.10 Å². The third kappa shape index (κ3) is 3.80. The van der Waals surface area contributed by atoms with E-state index in [4.69, 9.17) is 0 Å². The fraction of sp³-hybridized carbons (Fsp3) is 0.278. The van der Waals surface area contributed by atoms with E-state index in [0.717, 1.165) is 4.68 Å². The zero-order valence-electron chi connectivity index (χ0n) is 14.8. The second-order valence-corrected chi connectivity index (χ2v) is 6.21. The van der Waals surface area contributed by atoms with Gasteiger partial charge in [-0.3, -0.25) is 4.79 Å². The van der Waals surface area contributed by atoms with Crippen LogP contribution in [0.1, 0.15) is 35.4 Å². The highest BCUT2D eigenvalue weighted by molar-refractivity contribution is 5.92. The molecule has 2 aromatic heterocycles. The molecule has 0 radical (unpaired) electrons. The summed E-state index contributed by atoms with van der Waals surface area (Å²) in [6, 6.07) is 4.77. The first-order valence-corrected chi connectivity index (χ1v) is 8.17. The lowest BCUT2D eigenvalue weighted by Gasteiger charge is -2.09. The summed E-state index contributed by atoms with van der Waals surface area (Å²) in [6.45, 7) is 2.60. The fourth-order valence-electron chi connectivity index (χ4n) is 2.86. The molecule has 0 aliphatic carbocycles. The van der Waals surface area contributed by atoms with Crippen molar-refractivity contribution in [2.24, 2.45) is 0 Å². The minimum atomic E-state index is -3.07. The standard InChI is InChI=1S/C18H15F5N4O/c1-8-3-4-11(19)12(5-8)24-14(28)7-27-18-15(9(2)26-27)10(16(20)21)6-13(25-18)17(22)23/h3-6,16-17H,7H2,1-2H3,(H,24,28). The van der Waals surface area contributed by atoms with Crippen molar-refractivity contribution in [2.75, 3.05) is 5.32 Å². The predicted molar refractivity (Wildman–Crippen MR) is 91.9 cm³/mol. The van der Waals surface area contributed by atoms with Crippen molar-refractivity contribution >= 4 is 22.6 Å². The van der Waals surface area contributed by atoms with Crippen molar-refractivity contribution in [3.8, 4) is 0 Å². The summed E-state index contributed by atoms with van der Waals surface area (Å²) in [5.74, 6) is -1.37. The Kier molecular flexibility index (Phi) is 5.30. The number of hydrogen-bond acceptors (Lipinski definition) is 3. The first-order chi connectivity index (χ1) is 13.2. The van der Waals surface area contributed by atoms with Crippen molar-refractivity contribution in [3.05, 3.63) is 52.6 Å². The molecule has 5 nitrogen and oxygen atoms in total. The van der Waals surface area contributed by atoms with Gasteiger partial charge in [0, 0.05) is 5.56 Å². The van der Waals surface area contributed by atoms with Gasteiger partial charge in [-0.15, -0.1) is 0 Å². The topological polar surface area (TPSA) is 59.8 Å². The van der Waals surface area contributed by atoms with Crippen LogP contribution < -0.4 is 5.32 Å². The van der Waals surface area contributed by atoms with Crippen LogP contribution in [0.15, 0.2) is 24.3 Å². The van der Waals surface area contributed by atoms with E-state index in [2.05, 4.69) is 15.4 Å². The van der Waals surface area contributed by atoms with Crippen LogP contribution in [-0.2, 0) is 11.3 Å². The number of fused-ring (bicyclic) bond motifs is 1. The van der Waals surface area contributed by atoms with Crippen LogP contribution in [0.5, 0.6) is 0 Å². The van der Waals surface area contributed by atoms with Gasteiger partial charge in [0.25, 0.3) is 12.9 Å². The predicted octanol–water partition coefficient (Wildman–Crippen LogP) is 4.70. The SMILES string of the molecule is Cc1ccc(F)c(NC(=O)Cn2nc(C)c3c(C(F)F)cc(C(F)F)nc32)c1. The van der Waals surface area contributed by atoms with Gasteiger partial charge in [0.05, 0.1) is 16.8 Å². The molecule has 0 atom stereocenters. The largest absolute Gasteiger partial charge is 0.322 e. The molecule has 0 fully saturated rings.